The lowest BCUT2D eigenvalue weighted by molar-refractivity contribution is 0.0996. The standard InChI is InChI=1S/C17H29N3/c1-5-6-16-10-19-17(13(2)3)12-20(16)11-15-7-14(4)8-18-9-15/h7-9,13,16-17,19H,5-6,10-12H2,1-4H3. The highest BCUT2D eigenvalue weighted by Crippen LogP contribution is 2.19. The van der Waals surface area contributed by atoms with Gasteiger partial charge in [0.2, 0.25) is 0 Å². The molecular formula is C17H29N3. The summed E-state index contributed by atoms with van der Waals surface area (Å²) in [6, 6.07) is 3.54. The first-order valence-corrected chi connectivity index (χ1v) is 7.98. The zero-order valence-corrected chi connectivity index (χ0v) is 13.4. The highest BCUT2D eigenvalue weighted by Gasteiger charge is 2.28. The first-order chi connectivity index (χ1) is 9.60. The van der Waals surface area contributed by atoms with Crippen LogP contribution in [0.25, 0.3) is 0 Å². The Balaban J connectivity index is 2.06. The Morgan fingerprint density at radius 2 is 2.20 bits per heavy atom. The van der Waals surface area contributed by atoms with E-state index in [1.54, 1.807) is 0 Å². The predicted octanol–water partition coefficient (Wildman–Crippen LogP) is 2.99. The van der Waals surface area contributed by atoms with Gasteiger partial charge in [-0.2, -0.15) is 0 Å². The van der Waals surface area contributed by atoms with Crippen molar-refractivity contribution in [2.75, 3.05) is 13.1 Å². The van der Waals surface area contributed by atoms with Crippen LogP contribution in [0.1, 0.15) is 44.7 Å². The molecule has 1 saturated heterocycles. The van der Waals surface area contributed by atoms with Gasteiger partial charge in [-0.1, -0.05) is 33.3 Å². The van der Waals surface area contributed by atoms with E-state index in [2.05, 4.69) is 49.0 Å². The minimum absolute atomic E-state index is 0.612. The van der Waals surface area contributed by atoms with E-state index in [4.69, 9.17) is 0 Å². The van der Waals surface area contributed by atoms with Crippen LogP contribution in [0, 0.1) is 12.8 Å². The van der Waals surface area contributed by atoms with Gasteiger partial charge in [0.15, 0.2) is 0 Å². The zero-order chi connectivity index (χ0) is 14.5. The van der Waals surface area contributed by atoms with E-state index in [0.29, 0.717) is 18.0 Å². The third-order valence-electron chi connectivity index (χ3n) is 4.31. The second-order valence-electron chi connectivity index (χ2n) is 6.50. The van der Waals surface area contributed by atoms with Gasteiger partial charge in [0.1, 0.15) is 0 Å². The zero-order valence-electron chi connectivity index (χ0n) is 13.4. The summed E-state index contributed by atoms with van der Waals surface area (Å²) in [6.07, 6.45) is 6.47. The maximum absolute atomic E-state index is 4.33. The highest BCUT2D eigenvalue weighted by molar-refractivity contribution is 5.16. The van der Waals surface area contributed by atoms with Gasteiger partial charge in [0.05, 0.1) is 0 Å². The van der Waals surface area contributed by atoms with E-state index in [1.807, 2.05) is 12.4 Å². The second-order valence-corrected chi connectivity index (χ2v) is 6.50. The molecule has 0 aromatic carbocycles. The van der Waals surface area contributed by atoms with Crippen LogP contribution in [0.3, 0.4) is 0 Å². The van der Waals surface area contributed by atoms with Crippen molar-refractivity contribution in [1.82, 2.24) is 15.2 Å². The molecule has 2 atom stereocenters. The molecule has 1 aromatic rings. The number of hydrogen-bond donors (Lipinski definition) is 1. The maximum atomic E-state index is 4.33. The molecule has 1 fully saturated rings. The Kier molecular flexibility index (Phi) is 5.55. The number of rotatable bonds is 5. The van der Waals surface area contributed by atoms with Crippen molar-refractivity contribution in [3.63, 3.8) is 0 Å². The molecule has 1 aliphatic heterocycles. The number of aryl methyl sites for hydroxylation is 1. The molecule has 0 radical (unpaired) electrons. The molecule has 1 N–H and O–H groups in total. The van der Waals surface area contributed by atoms with Gasteiger partial charge in [-0.3, -0.25) is 9.88 Å². The van der Waals surface area contributed by atoms with Crippen LogP contribution in [0.5, 0.6) is 0 Å². The summed E-state index contributed by atoms with van der Waals surface area (Å²) in [7, 11) is 0. The van der Waals surface area contributed by atoms with E-state index in [1.165, 1.54) is 24.0 Å². The van der Waals surface area contributed by atoms with Crippen molar-refractivity contribution in [2.24, 2.45) is 5.92 Å². The summed E-state index contributed by atoms with van der Waals surface area (Å²) in [6.45, 7) is 12.3. The number of nitrogens with zero attached hydrogens (tertiary/aromatic N) is 2. The number of nitrogens with one attached hydrogen (secondary N) is 1. The van der Waals surface area contributed by atoms with E-state index >= 15 is 0 Å². The predicted molar refractivity (Wildman–Crippen MR) is 84.7 cm³/mol. The molecule has 0 bridgehead atoms. The summed E-state index contributed by atoms with van der Waals surface area (Å²) < 4.78 is 0. The quantitative estimate of drug-likeness (QED) is 0.895. The van der Waals surface area contributed by atoms with Crippen LogP contribution >= 0.6 is 0 Å². The fourth-order valence-electron chi connectivity index (χ4n) is 3.08. The van der Waals surface area contributed by atoms with Crippen molar-refractivity contribution < 1.29 is 0 Å². The van der Waals surface area contributed by atoms with Gasteiger partial charge in [0, 0.05) is 44.1 Å². The Labute approximate surface area is 123 Å². The van der Waals surface area contributed by atoms with Gasteiger partial charge < -0.3 is 5.32 Å². The Hall–Kier alpha value is -0.930. The van der Waals surface area contributed by atoms with Crippen molar-refractivity contribution in [3.05, 3.63) is 29.6 Å². The number of hydrogen-bond acceptors (Lipinski definition) is 3. The van der Waals surface area contributed by atoms with Crippen molar-refractivity contribution >= 4 is 0 Å². The normalized spacial score (nSPS) is 24.2. The minimum atomic E-state index is 0.612. The SMILES string of the molecule is CCCC1CNC(C(C)C)CN1Cc1cncc(C)c1. The van der Waals surface area contributed by atoms with Crippen LogP contribution in [-0.4, -0.2) is 35.1 Å². The van der Waals surface area contributed by atoms with Crippen LogP contribution < -0.4 is 5.32 Å². The summed E-state index contributed by atoms with van der Waals surface area (Å²) in [5, 5.41) is 3.72. The largest absolute Gasteiger partial charge is 0.311 e. The smallest absolute Gasteiger partial charge is 0.0313 e. The molecule has 0 spiro atoms. The molecule has 0 saturated carbocycles. The van der Waals surface area contributed by atoms with Gasteiger partial charge in [0.25, 0.3) is 0 Å². The molecule has 3 heteroatoms. The molecule has 1 aromatic heterocycles. The summed E-state index contributed by atoms with van der Waals surface area (Å²) >= 11 is 0. The summed E-state index contributed by atoms with van der Waals surface area (Å²) in [4.78, 5) is 6.99. The van der Waals surface area contributed by atoms with Crippen LogP contribution in [0.2, 0.25) is 0 Å². The third kappa shape index (κ3) is 4.03. The lowest BCUT2D eigenvalue weighted by atomic mass is 9.97. The lowest BCUT2D eigenvalue weighted by Crippen LogP contribution is -2.57. The van der Waals surface area contributed by atoms with E-state index in [9.17, 15) is 0 Å². The second kappa shape index (κ2) is 7.19. The van der Waals surface area contributed by atoms with Crippen molar-refractivity contribution in [1.29, 1.82) is 0 Å². The Morgan fingerprint density at radius 3 is 2.85 bits per heavy atom. The van der Waals surface area contributed by atoms with Crippen LogP contribution in [0.4, 0.5) is 0 Å². The first kappa shape index (κ1) is 15.5. The molecule has 112 valence electrons. The maximum Gasteiger partial charge on any atom is 0.0313 e. The monoisotopic (exact) mass is 275 g/mol. The molecule has 2 rings (SSSR count). The molecule has 20 heavy (non-hydrogen) atoms. The molecule has 1 aliphatic rings. The summed E-state index contributed by atoms with van der Waals surface area (Å²) in [5.74, 6) is 0.690. The van der Waals surface area contributed by atoms with E-state index in [0.717, 1.165) is 19.6 Å². The van der Waals surface area contributed by atoms with Crippen molar-refractivity contribution in [2.45, 2.75) is 59.2 Å². The average Bonchev–Trinajstić information content (AvgIpc) is 2.41. The molecule has 2 heterocycles. The van der Waals surface area contributed by atoms with E-state index < -0.39 is 0 Å². The Bertz CT molecular complexity index is 416. The number of piperazine rings is 1. The lowest BCUT2D eigenvalue weighted by Gasteiger charge is -2.42. The fourth-order valence-corrected chi connectivity index (χ4v) is 3.08. The molecule has 2 unspecified atom stereocenters. The van der Waals surface area contributed by atoms with Gasteiger partial charge in [-0.05, 0) is 30.4 Å². The number of pyridine rings is 1. The fraction of sp³-hybridized carbons (Fsp3) is 0.706. The molecule has 3 nitrogen and oxygen atoms in total. The van der Waals surface area contributed by atoms with Gasteiger partial charge in [-0.15, -0.1) is 0 Å². The minimum Gasteiger partial charge on any atom is -0.311 e. The van der Waals surface area contributed by atoms with Gasteiger partial charge >= 0.3 is 0 Å². The highest BCUT2D eigenvalue weighted by atomic mass is 15.2. The first-order valence-electron chi connectivity index (χ1n) is 7.98. The van der Waals surface area contributed by atoms with Crippen LogP contribution in [0.15, 0.2) is 18.5 Å². The average molecular weight is 275 g/mol. The topological polar surface area (TPSA) is 28.2 Å². The number of aromatic nitrogens is 1. The van der Waals surface area contributed by atoms with Crippen LogP contribution in [-0.2, 0) is 6.54 Å². The molecule has 0 aliphatic carbocycles. The third-order valence-corrected chi connectivity index (χ3v) is 4.31. The molecular weight excluding hydrogens is 246 g/mol. The summed E-state index contributed by atoms with van der Waals surface area (Å²) in [5.41, 5.74) is 2.60. The molecule has 0 amide bonds. The Morgan fingerprint density at radius 1 is 1.40 bits per heavy atom. The van der Waals surface area contributed by atoms with E-state index in [-0.39, 0.29) is 0 Å². The van der Waals surface area contributed by atoms with Gasteiger partial charge in [-0.25, -0.2) is 0 Å². The van der Waals surface area contributed by atoms with Crippen molar-refractivity contribution in [3.8, 4) is 0 Å².